The van der Waals surface area contributed by atoms with E-state index in [1.807, 2.05) is 13.0 Å². The zero-order valence-corrected chi connectivity index (χ0v) is 14.8. The van der Waals surface area contributed by atoms with Crippen molar-refractivity contribution in [3.8, 4) is 0 Å². The van der Waals surface area contributed by atoms with Crippen molar-refractivity contribution in [2.24, 2.45) is 0 Å². The molecule has 25 heavy (non-hydrogen) atoms. The number of amides is 1. The number of hydrogen-bond donors (Lipinski definition) is 1. The minimum atomic E-state index is -0.475. The van der Waals surface area contributed by atoms with Crippen molar-refractivity contribution in [2.75, 3.05) is 18.0 Å². The molecule has 2 aromatic rings. The van der Waals surface area contributed by atoms with Crippen LogP contribution in [0.15, 0.2) is 24.3 Å². The minimum Gasteiger partial charge on any atom is -0.350 e. The topological polar surface area (TPSA) is 58.1 Å². The first-order valence-electron chi connectivity index (χ1n) is 8.32. The molecule has 0 bridgehead atoms. The molecule has 0 saturated carbocycles. The Labute approximate surface area is 151 Å². The molecule has 0 aliphatic carbocycles. The van der Waals surface area contributed by atoms with Crippen LogP contribution in [0.4, 0.5) is 10.3 Å². The molecule has 5 nitrogen and oxygen atoms in total. The maximum atomic E-state index is 13.8. The van der Waals surface area contributed by atoms with Gasteiger partial charge in [-0.1, -0.05) is 17.7 Å². The van der Waals surface area contributed by atoms with Gasteiger partial charge in [0.15, 0.2) is 0 Å². The lowest BCUT2D eigenvalue weighted by molar-refractivity contribution is -0.120. The molecule has 0 radical (unpaired) electrons. The van der Waals surface area contributed by atoms with E-state index >= 15 is 0 Å². The summed E-state index contributed by atoms with van der Waals surface area (Å²) in [6, 6.07) is 6.23. The fourth-order valence-corrected chi connectivity index (χ4v) is 3.11. The predicted molar refractivity (Wildman–Crippen MR) is 95.2 cm³/mol. The van der Waals surface area contributed by atoms with Crippen LogP contribution in [-0.2, 0) is 17.8 Å². The largest absolute Gasteiger partial charge is 0.350 e. The van der Waals surface area contributed by atoms with Crippen LogP contribution in [0.1, 0.15) is 29.8 Å². The Hall–Kier alpha value is -2.21. The molecule has 3 rings (SSSR count). The molecule has 1 amide bonds. The fourth-order valence-electron chi connectivity index (χ4n) is 2.88. The summed E-state index contributed by atoms with van der Waals surface area (Å²) in [6.45, 7) is 4.10. The summed E-state index contributed by atoms with van der Waals surface area (Å²) in [7, 11) is 0. The third kappa shape index (κ3) is 4.45. The molecule has 1 aliphatic rings. The van der Waals surface area contributed by atoms with Crippen LogP contribution < -0.4 is 10.2 Å². The van der Waals surface area contributed by atoms with E-state index in [1.165, 1.54) is 12.1 Å². The van der Waals surface area contributed by atoms with Gasteiger partial charge in [0, 0.05) is 29.4 Å². The first-order chi connectivity index (χ1) is 12.0. The highest BCUT2D eigenvalue weighted by Gasteiger charge is 2.16. The van der Waals surface area contributed by atoms with E-state index in [0.29, 0.717) is 5.95 Å². The second-order valence-corrected chi connectivity index (χ2v) is 6.56. The van der Waals surface area contributed by atoms with Gasteiger partial charge in [0.05, 0.1) is 18.7 Å². The van der Waals surface area contributed by atoms with E-state index in [4.69, 9.17) is 11.6 Å². The SMILES string of the molecule is Cc1cc(CNC(=O)Cc2c(F)cccc2Cl)nc(N2CCCC2)n1. The summed E-state index contributed by atoms with van der Waals surface area (Å²) >= 11 is 5.96. The van der Waals surface area contributed by atoms with Crippen LogP contribution in [0.3, 0.4) is 0 Å². The zero-order valence-electron chi connectivity index (χ0n) is 14.1. The van der Waals surface area contributed by atoms with Crippen LogP contribution in [-0.4, -0.2) is 29.0 Å². The summed E-state index contributed by atoms with van der Waals surface area (Å²) in [4.78, 5) is 23.3. The quantitative estimate of drug-likeness (QED) is 0.888. The first kappa shape index (κ1) is 17.6. The molecule has 132 valence electrons. The Morgan fingerprint density at radius 3 is 2.80 bits per heavy atom. The summed E-state index contributed by atoms with van der Waals surface area (Å²) in [5.74, 6) is -0.0678. The molecule has 1 N–H and O–H groups in total. The van der Waals surface area contributed by atoms with E-state index in [1.54, 1.807) is 6.07 Å². The second kappa shape index (κ2) is 7.78. The van der Waals surface area contributed by atoms with Gasteiger partial charge in [-0.05, 0) is 38.0 Å². The standard InChI is InChI=1S/C18H20ClFN4O/c1-12-9-13(23-18(22-12)24-7-2-3-8-24)11-21-17(25)10-14-15(19)5-4-6-16(14)20/h4-6,9H,2-3,7-8,10-11H2,1H3,(H,21,25). The van der Waals surface area contributed by atoms with Crippen molar-refractivity contribution in [3.05, 3.63) is 52.1 Å². The lowest BCUT2D eigenvalue weighted by Gasteiger charge is -2.16. The number of benzene rings is 1. The average Bonchev–Trinajstić information content (AvgIpc) is 3.11. The lowest BCUT2D eigenvalue weighted by Crippen LogP contribution is -2.27. The zero-order chi connectivity index (χ0) is 17.8. The van der Waals surface area contributed by atoms with Crippen molar-refractivity contribution in [2.45, 2.75) is 32.7 Å². The monoisotopic (exact) mass is 362 g/mol. The van der Waals surface area contributed by atoms with Crippen molar-refractivity contribution in [3.63, 3.8) is 0 Å². The van der Waals surface area contributed by atoms with E-state index in [2.05, 4.69) is 20.2 Å². The summed E-state index contributed by atoms with van der Waals surface area (Å²) < 4.78 is 13.8. The number of halogens is 2. The second-order valence-electron chi connectivity index (χ2n) is 6.15. The third-order valence-corrected chi connectivity index (χ3v) is 4.50. The number of aromatic nitrogens is 2. The van der Waals surface area contributed by atoms with Gasteiger partial charge in [-0.2, -0.15) is 0 Å². The van der Waals surface area contributed by atoms with Crippen molar-refractivity contribution >= 4 is 23.5 Å². The molecule has 1 aliphatic heterocycles. The Kier molecular flexibility index (Phi) is 5.48. The van der Waals surface area contributed by atoms with Crippen LogP contribution in [0.2, 0.25) is 5.02 Å². The highest BCUT2D eigenvalue weighted by Crippen LogP contribution is 2.19. The fraction of sp³-hybridized carbons (Fsp3) is 0.389. The number of aryl methyl sites for hydroxylation is 1. The number of nitrogens with zero attached hydrogens (tertiary/aromatic N) is 3. The first-order valence-corrected chi connectivity index (χ1v) is 8.70. The molecule has 0 atom stereocenters. The summed E-state index contributed by atoms with van der Waals surface area (Å²) in [5.41, 5.74) is 1.80. The van der Waals surface area contributed by atoms with Gasteiger partial charge in [-0.3, -0.25) is 4.79 Å². The van der Waals surface area contributed by atoms with Crippen LogP contribution in [0.25, 0.3) is 0 Å². The molecule has 7 heteroatoms. The third-order valence-electron chi connectivity index (χ3n) is 4.15. The number of rotatable bonds is 5. The Morgan fingerprint density at radius 2 is 2.08 bits per heavy atom. The molecule has 1 fully saturated rings. The minimum absolute atomic E-state index is 0.103. The summed E-state index contributed by atoms with van der Waals surface area (Å²) in [6.07, 6.45) is 2.19. The number of hydrogen-bond acceptors (Lipinski definition) is 4. The van der Waals surface area contributed by atoms with E-state index < -0.39 is 5.82 Å². The Morgan fingerprint density at radius 1 is 1.32 bits per heavy atom. The van der Waals surface area contributed by atoms with Crippen LogP contribution in [0, 0.1) is 12.7 Å². The van der Waals surface area contributed by atoms with Crippen molar-refractivity contribution < 1.29 is 9.18 Å². The Balaban J connectivity index is 1.64. The van der Waals surface area contributed by atoms with Crippen LogP contribution >= 0.6 is 11.6 Å². The summed E-state index contributed by atoms with van der Waals surface area (Å²) in [5, 5.41) is 3.03. The number of nitrogens with one attached hydrogen (secondary N) is 1. The smallest absolute Gasteiger partial charge is 0.225 e. The normalized spacial score (nSPS) is 14.0. The number of carbonyl (C=O) groups excluding carboxylic acids is 1. The molecule has 0 spiro atoms. The molecular weight excluding hydrogens is 343 g/mol. The van der Waals surface area contributed by atoms with Gasteiger partial charge in [0.2, 0.25) is 11.9 Å². The number of carbonyl (C=O) groups is 1. The average molecular weight is 363 g/mol. The van der Waals surface area contributed by atoms with Crippen molar-refractivity contribution in [1.82, 2.24) is 15.3 Å². The van der Waals surface area contributed by atoms with Gasteiger partial charge in [0.1, 0.15) is 5.82 Å². The van der Waals surface area contributed by atoms with Gasteiger partial charge < -0.3 is 10.2 Å². The molecule has 2 heterocycles. The molecule has 0 unspecified atom stereocenters. The highest BCUT2D eigenvalue weighted by molar-refractivity contribution is 6.31. The lowest BCUT2D eigenvalue weighted by atomic mass is 10.1. The molecule has 1 saturated heterocycles. The van der Waals surface area contributed by atoms with Gasteiger partial charge in [-0.25, -0.2) is 14.4 Å². The van der Waals surface area contributed by atoms with E-state index in [9.17, 15) is 9.18 Å². The van der Waals surface area contributed by atoms with Crippen LogP contribution in [0.5, 0.6) is 0 Å². The van der Waals surface area contributed by atoms with E-state index in [0.717, 1.165) is 37.3 Å². The Bertz CT molecular complexity index is 757. The predicted octanol–water partition coefficient (Wildman–Crippen LogP) is 3.04. The van der Waals surface area contributed by atoms with Gasteiger partial charge >= 0.3 is 0 Å². The molecule has 1 aromatic heterocycles. The highest BCUT2D eigenvalue weighted by atomic mass is 35.5. The maximum Gasteiger partial charge on any atom is 0.225 e. The molecule has 1 aromatic carbocycles. The number of anilines is 1. The van der Waals surface area contributed by atoms with Gasteiger partial charge in [-0.15, -0.1) is 0 Å². The van der Waals surface area contributed by atoms with Gasteiger partial charge in [0.25, 0.3) is 0 Å². The van der Waals surface area contributed by atoms with E-state index in [-0.39, 0.29) is 29.5 Å². The molecular formula is C18H20ClFN4O. The van der Waals surface area contributed by atoms with Crippen molar-refractivity contribution in [1.29, 1.82) is 0 Å². The maximum absolute atomic E-state index is 13.8.